The molecule has 0 aromatic heterocycles. The minimum atomic E-state index is -3.39. The Bertz CT molecular complexity index is 1260. The predicted molar refractivity (Wildman–Crippen MR) is 144 cm³/mol. The quantitative estimate of drug-likeness (QED) is 0.373. The Kier molecular flexibility index (Phi) is 10.5. The number of alkyl carbamates (subject to hydrolysis) is 1. The van der Waals surface area contributed by atoms with Crippen LogP contribution in [0.5, 0.6) is 0 Å². The van der Waals surface area contributed by atoms with Crippen LogP contribution in [0.4, 0.5) is 4.79 Å². The summed E-state index contributed by atoms with van der Waals surface area (Å²) in [5, 5.41) is 6.66. The highest BCUT2D eigenvalue weighted by atomic mass is 32.2. The molecule has 37 heavy (non-hydrogen) atoms. The molecule has 2 N–H and O–H groups in total. The molecule has 0 radical (unpaired) electrons. The molecule has 0 fully saturated rings. The average molecular weight is 521 g/mol. The Morgan fingerprint density at radius 1 is 0.811 bits per heavy atom. The summed E-state index contributed by atoms with van der Waals surface area (Å²) < 4.78 is 28.8. The molecule has 194 valence electrons. The number of hydrogen-bond acceptors (Lipinski definition) is 5. The standard InChI is InChI=1S/C29H32N2O5S/c1-37(34,35)20-19-26(21-24-13-7-3-8-14-24)30-28(32)27(18-17-23-11-5-2-6-12-23)31-29(33)36-22-25-15-9-4-10-16-25/h2-16,19-20,26-27H,17-18,21-22H2,1H3,(H,30,32)(H,31,33)/b20-19+/t26-,27+/m1/s1. The second-order valence-electron chi connectivity index (χ2n) is 8.75. The van der Waals surface area contributed by atoms with Crippen LogP contribution >= 0.6 is 0 Å². The third kappa shape index (κ3) is 10.7. The van der Waals surface area contributed by atoms with Crippen LogP contribution in [0.25, 0.3) is 0 Å². The van der Waals surface area contributed by atoms with Crippen molar-refractivity contribution in [2.24, 2.45) is 0 Å². The molecule has 3 aromatic carbocycles. The number of carbonyl (C=O) groups excluding carboxylic acids is 2. The fourth-order valence-corrected chi connectivity index (χ4v) is 4.16. The Morgan fingerprint density at radius 2 is 1.35 bits per heavy atom. The maximum absolute atomic E-state index is 13.3. The van der Waals surface area contributed by atoms with E-state index in [1.54, 1.807) is 0 Å². The number of amides is 2. The topological polar surface area (TPSA) is 102 Å². The van der Waals surface area contributed by atoms with Crippen molar-refractivity contribution in [2.75, 3.05) is 6.26 Å². The molecule has 0 bridgehead atoms. The van der Waals surface area contributed by atoms with Gasteiger partial charge in [0.2, 0.25) is 5.91 Å². The van der Waals surface area contributed by atoms with Crippen LogP contribution < -0.4 is 10.6 Å². The van der Waals surface area contributed by atoms with E-state index in [1.165, 1.54) is 6.08 Å². The second-order valence-corrected chi connectivity index (χ2v) is 10.7. The summed E-state index contributed by atoms with van der Waals surface area (Å²) >= 11 is 0. The molecule has 0 aliphatic rings. The molecule has 2 amide bonds. The van der Waals surface area contributed by atoms with E-state index in [0.717, 1.165) is 28.4 Å². The molecule has 0 unspecified atom stereocenters. The highest BCUT2D eigenvalue weighted by molar-refractivity contribution is 7.93. The van der Waals surface area contributed by atoms with Crippen molar-refractivity contribution in [1.82, 2.24) is 10.6 Å². The molecule has 7 nitrogen and oxygen atoms in total. The first kappa shape index (κ1) is 27.7. The molecule has 0 aliphatic carbocycles. The smallest absolute Gasteiger partial charge is 0.408 e. The number of rotatable bonds is 12. The lowest BCUT2D eigenvalue weighted by atomic mass is 10.0. The lowest BCUT2D eigenvalue weighted by Crippen LogP contribution is -2.50. The summed E-state index contributed by atoms with van der Waals surface area (Å²) in [6.45, 7) is 0.0768. The van der Waals surface area contributed by atoms with E-state index in [4.69, 9.17) is 4.74 Å². The molecule has 3 aromatic rings. The van der Waals surface area contributed by atoms with Crippen molar-refractivity contribution in [3.05, 3.63) is 119 Å². The van der Waals surface area contributed by atoms with Gasteiger partial charge in [0.1, 0.15) is 12.6 Å². The van der Waals surface area contributed by atoms with Gasteiger partial charge in [0, 0.05) is 11.7 Å². The number of benzene rings is 3. The maximum atomic E-state index is 13.3. The van der Waals surface area contributed by atoms with Gasteiger partial charge in [0.25, 0.3) is 0 Å². The summed E-state index contributed by atoms with van der Waals surface area (Å²) in [4.78, 5) is 25.9. The lowest BCUT2D eigenvalue weighted by Gasteiger charge is -2.22. The fraction of sp³-hybridized carbons (Fsp3) is 0.241. The lowest BCUT2D eigenvalue weighted by molar-refractivity contribution is -0.123. The van der Waals surface area contributed by atoms with Gasteiger partial charge in [-0.1, -0.05) is 97.1 Å². The Hall–Kier alpha value is -3.91. The van der Waals surface area contributed by atoms with Gasteiger partial charge in [-0.15, -0.1) is 0 Å². The highest BCUT2D eigenvalue weighted by Crippen LogP contribution is 2.09. The zero-order valence-corrected chi connectivity index (χ0v) is 21.6. The Balaban J connectivity index is 1.72. The molecular formula is C29H32N2O5S. The fourth-order valence-electron chi connectivity index (χ4n) is 3.69. The van der Waals surface area contributed by atoms with Crippen LogP contribution in [-0.4, -0.2) is 38.8 Å². The van der Waals surface area contributed by atoms with Gasteiger partial charge in [-0.3, -0.25) is 4.79 Å². The summed E-state index contributed by atoms with van der Waals surface area (Å²) in [6.07, 6.45) is 3.14. The zero-order chi connectivity index (χ0) is 26.5. The summed E-state index contributed by atoms with van der Waals surface area (Å²) in [6, 6.07) is 26.9. The monoisotopic (exact) mass is 520 g/mol. The molecule has 0 saturated heterocycles. The van der Waals surface area contributed by atoms with Crippen molar-refractivity contribution in [3.63, 3.8) is 0 Å². The molecule has 0 aliphatic heterocycles. The predicted octanol–water partition coefficient (Wildman–Crippen LogP) is 4.20. The van der Waals surface area contributed by atoms with Gasteiger partial charge >= 0.3 is 6.09 Å². The van der Waals surface area contributed by atoms with Crippen LogP contribution in [0.1, 0.15) is 23.1 Å². The van der Waals surface area contributed by atoms with E-state index in [1.807, 2.05) is 91.0 Å². The van der Waals surface area contributed by atoms with Crippen LogP contribution in [-0.2, 0) is 38.8 Å². The van der Waals surface area contributed by atoms with E-state index in [2.05, 4.69) is 10.6 Å². The van der Waals surface area contributed by atoms with Gasteiger partial charge in [0.15, 0.2) is 9.84 Å². The van der Waals surface area contributed by atoms with E-state index >= 15 is 0 Å². The molecule has 2 atom stereocenters. The third-order valence-corrected chi connectivity index (χ3v) is 6.22. The van der Waals surface area contributed by atoms with Crippen molar-refractivity contribution < 1.29 is 22.7 Å². The van der Waals surface area contributed by atoms with Crippen LogP contribution in [0.2, 0.25) is 0 Å². The Labute approximate surface area is 218 Å². The van der Waals surface area contributed by atoms with Crippen molar-refractivity contribution >= 4 is 21.8 Å². The van der Waals surface area contributed by atoms with Crippen molar-refractivity contribution in [3.8, 4) is 0 Å². The van der Waals surface area contributed by atoms with Gasteiger partial charge in [-0.2, -0.15) is 0 Å². The van der Waals surface area contributed by atoms with Gasteiger partial charge in [-0.25, -0.2) is 13.2 Å². The first-order valence-corrected chi connectivity index (χ1v) is 14.0. The van der Waals surface area contributed by atoms with Crippen LogP contribution in [0.3, 0.4) is 0 Å². The number of hydrogen-bond donors (Lipinski definition) is 2. The minimum Gasteiger partial charge on any atom is -0.445 e. The van der Waals surface area contributed by atoms with E-state index < -0.39 is 33.9 Å². The second kappa shape index (κ2) is 14.0. The summed E-state index contributed by atoms with van der Waals surface area (Å²) in [5.41, 5.74) is 2.79. The highest BCUT2D eigenvalue weighted by Gasteiger charge is 2.24. The van der Waals surface area contributed by atoms with Gasteiger partial charge in [0.05, 0.1) is 6.04 Å². The zero-order valence-electron chi connectivity index (χ0n) is 20.7. The van der Waals surface area contributed by atoms with Gasteiger partial charge < -0.3 is 15.4 Å². The van der Waals surface area contributed by atoms with E-state index in [-0.39, 0.29) is 6.61 Å². The number of aryl methyl sites for hydroxylation is 1. The maximum Gasteiger partial charge on any atom is 0.408 e. The normalized spacial score (nSPS) is 13.0. The number of carbonyl (C=O) groups is 2. The number of sulfone groups is 1. The first-order valence-electron chi connectivity index (χ1n) is 12.0. The number of ether oxygens (including phenoxy) is 1. The van der Waals surface area contributed by atoms with Crippen LogP contribution in [0, 0.1) is 0 Å². The van der Waals surface area contributed by atoms with Crippen molar-refractivity contribution in [1.29, 1.82) is 0 Å². The molecule has 3 rings (SSSR count). The average Bonchev–Trinajstić information content (AvgIpc) is 2.90. The van der Waals surface area contributed by atoms with E-state index in [0.29, 0.717) is 19.3 Å². The molecule has 0 spiro atoms. The van der Waals surface area contributed by atoms with E-state index in [9.17, 15) is 18.0 Å². The van der Waals surface area contributed by atoms with Crippen molar-refractivity contribution in [2.45, 2.75) is 38.0 Å². The molecule has 0 saturated carbocycles. The molecular weight excluding hydrogens is 488 g/mol. The van der Waals surface area contributed by atoms with Crippen LogP contribution in [0.15, 0.2) is 102 Å². The molecule has 8 heteroatoms. The minimum absolute atomic E-state index is 0.0768. The largest absolute Gasteiger partial charge is 0.445 e. The third-order valence-electron chi connectivity index (χ3n) is 5.57. The molecule has 0 heterocycles. The van der Waals surface area contributed by atoms with Gasteiger partial charge in [-0.05, 0) is 36.0 Å². The Morgan fingerprint density at radius 3 is 1.92 bits per heavy atom. The SMILES string of the molecule is CS(=O)(=O)/C=C/[C@H](Cc1ccccc1)NC(=O)[C@H](CCc1ccccc1)NC(=O)OCc1ccccc1. The summed E-state index contributed by atoms with van der Waals surface area (Å²) in [7, 11) is -3.39. The summed E-state index contributed by atoms with van der Waals surface area (Å²) in [5.74, 6) is -0.424. The first-order chi connectivity index (χ1) is 17.8. The number of nitrogens with one attached hydrogen (secondary N) is 2.